The Hall–Kier alpha value is -2.34. The molecule has 106 valence electrons. The first-order valence-corrected chi connectivity index (χ1v) is 6.47. The van der Waals surface area contributed by atoms with Gasteiger partial charge in [0.15, 0.2) is 0 Å². The van der Waals surface area contributed by atoms with E-state index < -0.39 is 0 Å². The number of hydrogen-bond donors (Lipinski definition) is 3. The number of benzene rings is 1. The summed E-state index contributed by atoms with van der Waals surface area (Å²) in [5, 5.41) is 3.19. The van der Waals surface area contributed by atoms with Gasteiger partial charge in [-0.2, -0.15) is 9.97 Å². The van der Waals surface area contributed by atoms with E-state index in [1.807, 2.05) is 19.1 Å². The molecule has 0 unspecified atom stereocenters. The summed E-state index contributed by atoms with van der Waals surface area (Å²) >= 11 is 0. The van der Waals surface area contributed by atoms with E-state index in [0.29, 0.717) is 31.4 Å². The van der Waals surface area contributed by atoms with Crippen molar-refractivity contribution >= 4 is 17.6 Å². The number of nitrogens with one attached hydrogen (secondary N) is 1. The summed E-state index contributed by atoms with van der Waals surface area (Å²) in [5.41, 5.74) is 13.5. The summed E-state index contributed by atoms with van der Waals surface area (Å²) < 4.78 is 5.46. The lowest BCUT2D eigenvalue weighted by atomic mass is 10.1. The second-order valence-electron chi connectivity index (χ2n) is 4.30. The van der Waals surface area contributed by atoms with Gasteiger partial charge in [-0.25, -0.2) is 0 Å². The molecule has 0 spiro atoms. The molecule has 2 aromatic rings. The fourth-order valence-corrected chi connectivity index (χ4v) is 1.84. The molecule has 0 saturated heterocycles. The van der Waals surface area contributed by atoms with Gasteiger partial charge >= 0.3 is 0 Å². The third-order valence-corrected chi connectivity index (χ3v) is 2.80. The molecule has 1 aromatic carbocycles. The van der Waals surface area contributed by atoms with Crippen LogP contribution in [-0.4, -0.2) is 16.6 Å². The number of nitrogens with two attached hydrogens (primary N) is 2. The standard InChI is InChI=1S/C14H19N5O/c1-2-20-9-11-6-4-3-5-10(11)8-17-13-7-12(15)18-14(16)19-13/h3-7H,2,8-9H2,1H3,(H5,15,16,17,18,19). The number of rotatable bonds is 6. The molecular weight excluding hydrogens is 254 g/mol. The fourth-order valence-electron chi connectivity index (χ4n) is 1.84. The summed E-state index contributed by atoms with van der Waals surface area (Å²) in [4.78, 5) is 7.92. The Balaban J connectivity index is 2.06. The Morgan fingerprint density at radius 3 is 2.60 bits per heavy atom. The van der Waals surface area contributed by atoms with Gasteiger partial charge in [0.25, 0.3) is 0 Å². The fraction of sp³-hybridized carbons (Fsp3) is 0.286. The van der Waals surface area contributed by atoms with Crippen LogP contribution in [0.1, 0.15) is 18.1 Å². The van der Waals surface area contributed by atoms with E-state index in [1.165, 1.54) is 0 Å². The SMILES string of the molecule is CCOCc1ccccc1CNc1cc(N)nc(N)n1. The third-order valence-electron chi connectivity index (χ3n) is 2.80. The number of nitrogen functional groups attached to an aromatic ring is 2. The van der Waals surface area contributed by atoms with E-state index in [4.69, 9.17) is 16.2 Å². The van der Waals surface area contributed by atoms with Crippen LogP contribution in [0.25, 0.3) is 0 Å². The lowest BCUT2D eigenvalue weighted by Crippen LogP contribution is -2.08. The van der Waals surface area contributed by atoms with Crippen LogP contribution in [-0.2, 0) is 17.9 Å². The zero-order chi connectivity index (χ0) is 14.4. The summed E-state index contributed by atoms with van der Waals surface area (Å²) in [6.07, 6.45) is 0. The molecule has 2 rings (SSSR count). The van der Waals surface area contributed by atoms with Crippen LogP contribution in [0.15, 0.2) is 30.3 Å². The topological polar surface area (TPSA) is 99.1 Å². The molecule has 0 atom stereocenters. The van der Waals surface area contributed by atoms with Crippen molar-refractivity contribution in [3.05, 3.63) is 41.5 Å². The van der Waals surface area contributed by atoms with Crippen molar-refractivity contribution in [1.29, 1.82) is 0 Å². The molecule has 0 aliphatic heterocycles. The number of aromatic nitrogens is 2. The molecule has 0 amide bonds. The Bertz CT molecular complexity index is 553. The molecule has 1 heterocycles. The van der Waals surface area contributed by atoms with E-state index in [-0.39, 0.29) is 5.95 Å². The quantitative estimate of drug-likeness (QED) is 0.742. The van der Waals surface area contributed by atoms with Crippen molar-refractivity contribution in [2.24, 2.45) is 0 Å². The Labute approximate surface area is 118 Å². The second-order valence-corrected chi connectivity index (χ2v) is 4.30. The first-order chi connectivity index (χ1) is 9.69. The van der Waals surface area contributed by atoms with Crippen molar-refractivity contribution in [3.8, 4) is 0 Å². The maximum absolute atomic E-state index is 5.63. The highest BCUT2D eigenvalue weighted by Crippen LogP contribution is 2.14. The highest BCUT2D eigenvalue weighted by molar-refractivity contribution is 5.48. The van der Waals surface area contributed by atoms with Gasteiger partial charge < -0.3 is 21.5 Å². The van der Waals surface area contributed by atoms with Gasteiger partial charge in [-0.1, -0.05) is 24.3 Å². The Kier molecular flexibility index (Phi) is 4.73. The molecule has 0 aliphatic carbocycles. The minimum atomic E-state index is 0.162. The zero-order valence-corrected chi connectivity index (χ0v) is 11.5. The number of ether oxygens (including phenoxy) is 1. The molecule has 0 fully saturated rings. The van der Waals surface area contributed by atoms with Gasteiger partial charge in [0.1, 0.15) is 11.6 Å². The summed E-state index contributed by atoms with van der Waals surface area (Å²) in [6, 6.07) is 9.75. The van der Waals surface area contributed by atoms with Crippen molar-refractivity contribution in [2.45, 2.75) is 20.1 Å². The van der Waals surface area contributed by atoms with Crippen LogP contribution >= 0.6 is 0 Å². The van der Waals surface area contributed by atoms with Crippen LogP contribution in [0.2, 0.25) is 0 Å². The lowest BCUT2D eigenvalue weighted by molar-refractivity contribution is 0.133. The third kappa shape index (κ3) is 3.83. The normalized spacial score (nSPS) is 10.4. The molecule has 6 nitrogen and oxygen atoms in total. The van der Waals surface area contributed by atoms with Gasteiger partial charge in [-0.3, -0.25) is 0 Å². The van der Waals surface area contributed by atoms with Crippen LogP contribution < -0.4 is 16.8 Å². The molecule has 0 bridgehead atoms. The van der Waals surface area contributed by atoms with Crippen LogP contribution in [0.4, 0.5) is 17.6 Å². The van der Waals surface area contributed by atoms with Gasteiger partial charge in [0.2, 0.25) is 5.95 Å². The largest absolute Gasteiger partial charge is 0.383 e. The van der Waals surface area contributed by atoms with E-state index >= 15 is 0 Å². The van der Waals surface area contributed by atoms with Gasteiger partial charge in [0, 0.05) is 19.2 Å². The first kappa shape index (κ1) is 14.1. The van der Waals surface area contributed by atoms with Crippen molar-refractivity contribution in [1.82, 2.24) is 9.97 Å². The Morgan fingerprint density at radius 2 is 1.90 bits per heavy atom. The highest BCUT2D eigenvalue weighted by Gasteiger charge is 2.04. The molecule has 20 heavy (non-hydrogen) atoms. The maximum Gasteiger partial charge on any atom is 0.223 e. The highest BCUT2D eigenvalue weighted by atomic mass is 16.5. The lowest BCUT2D eigenvalue weighted by Gasteiger charge is -2.11. The van der Waals surface area contributed by atoms with Gasteiger partial charge in [-0.05, 0) is 18.1 Å². The molecule has 6 heteroatoms. The monoisotopic (exact) mass is 273 g/mol. The molecule has 0 radical (unpaired) electrons. The van der Waals surface area contributed by atoms with Crippen LogP contribution in [0, 0.1) is 0 Å². The molecule has 1 aromatic heterocycles. The van der Waals surface area contributed by atoms with E-state index in [2.05, 4.69) is 27.4 Å². The van der Waals surface area contributed by atoms with E-state index in [9.17, 15) is 0 Å². The summed E-state index contributed by atoms with van der Waals surface area (Å²) in [5.74, 6) is 1.12. The predicted molar refractivity (Wildman–Crippen MR) is 80.0 cm³/mol. The molecule has 0 saturated carbocycles. The van der Waals surface area contributed by atoms with E-state index in [1.54, 1.807) is 6.07 Å². The molecule has 0 aliphatic rings. The minimum absolute atomic E-state index is 0.162. The average molecular weight is 273 g/mol. The predicted octanol–water partition coefficient (Wildman–Crippen LogP) is 1.79. The number of nitrogens with zero attached hydrogens (tertiary/aromatic N) is 2. The van der Waals surface area contributed by atoms with Crippen molar-refractivity contribution < 1.29 is 4.74 Å². The minimum Gasteiger partial charge on any atom is -0.383 e. The van der Waals surface area contributed by atoms with Gasteiger partial charge in [-0.15, -0.1) is 0 Å². The molecular formula is C14H19N5O. The molecule has 5 N–H and O–H groups in total. The smallest absolute Gasteiger partial charge is 0.223 e. The van der Waals surface area contributed by atoms with Crippen LogP contribution in [0.5, 0.6) is 0 Å². The number of hydrogen-bond acceptors (Lipinski definition) is 6. The van der Waals surface area contributed by atoms with Gasteiger partial charge in [0.05, 0.1) is 6.61 Å². The first-order valence-electron chi connectivity index (χ1n) is 6.47. The van der Waals surface area contributed by atoms with Crippen molar-refractivity contribution in [3.63, 3.8) is 0 Å². The number of anilines is 3. The second kappa shape index (κ2) is 6.72. The van der Waals surface area contributed by atoms with Crippen LogP contribution in [0.3, 0.4) is 0 Å². The summed E-state index contributed by atoms with van der Waals surface area (Å²) in [7, 11) is 0. The Morgan fingerprint density at radius 1 is 1.15 bits per heavy atom. The average Bonchev–Trinajstić information content (AvgIpc) is 2.43. The maximum atomic E-state index is 5.63. The summed E-state index contributed by atoms with van der Waals surface area (Å²) in [6.45, 7) is 3.90. The van der Waals surface area contributed by atoms with E-state index in [0.717, 1.165) is 11.1 Å². The van der Waals surface area contributed by atoms with Crippen molar-refractivity contribution in [2.75, 3.05) is 23.4 Å². The zero-order valence-electron chi connectivity index (χ0n) is 11.5.